The van der Waals surface area contributed by atoms with E-state index in [1.807, 2.05) is 49.4 Å². The van der Waals surface area contributed by atoms with Crippen molar-refractivity contribution in [2.45, 2.75) is 20.8 Å². The molecule has 25 heavy (non-hydrogen) atoms. The predicted molar refractivity (Wildman–Crippen MR) is 94.1 cm³/mol. The zero-order valence-electron chi connectivity index (χ0n) is 14.2. The van der Waals surface area contributed by atoms with Crippen molar-refractivity contribution < 1.29 is 5.11 Å². The van der Waals surface area contributed by atoms with Crippen molar-refractivity contribution in [2.75, 3.05) is 5.43 Å². The zero-order chi connectivity index (χ0) is 18.7. The first-order chi connectivity index (χ1) is 11.8. The maximum absolute atomic E-state index is 10.4. The Labute approximate surface area is 146 Å². The van der Waals surface area contributed by atoms with E-state index in [2.05, 4.69) is 10.5 Å². The number of allylic oxidation sites excluding steroid dienone is 4. The number of hydrazone groups is 1. The van der Waals surface area contributed by atoms with Crippen molar-refractivity contribution in [2.24, 2.45) is 15.9 Å². The highest BCUT2D eigenvalue weighted by Crippen LogP contribution is 2.49. The smallest absolute Gasteiger partial charge is 0.209 e. The Morgan fingerprint density at radius 2 is 1.72 bits per heavy atom. The molecule has 1 aliphatic carbocycles. The minimum atomic E-state index is -1.81. The molecule has 0 saturated heterocycles. The number of rotatable bonds is 3. The van der Waals surface area contributed by atoms with E-state index < -0.39 is 16.6 Å². The van der Waals surface area contributed by atoms with Crippen molar-refractivity contribution in [1.29, 1.82) is 15.8 Å². The van der Waals surface area contributed by atoms with Gasteiger partial charge in [0.25, 0.3) is 0 Å². The van der Waals surface area contributed by atoms with E-state index in [-0.39, 0.29) is 5.57 Å². The SMILES string of the molecule is Cc1ccc(N/N=C/C2=CC(C)(C)C(C#N)(C#N)C(O)=C2C#N)cc1. The van der Waals surface area contributed by atoms with Gasteiger partial charge in [0.2, 0.25) is 5.41 Å². The number of hydrogen-bond acceptors (Lipinski definition) is 6. The van der Waals surface area contributed by atoms with Crippen LogP contribution in [0.25, 0.3) is 0 Å². The van der Waals surface area contributed by atoms with E-state index in [1.165, 1.54) is 6.21 Å². The predicted octanol–water partition coefficient (Wildman–Crippen LogP) is 3.73. The van der Waals surface area contributed by atoms with Crippen LogP contribution >= 0.6 is 0 Å². The van der Waals surface area contributed by atoms with Crippen LogP contribution in [0, 0.1) is 51.7 Å². The van der Waals surface area contributed by atoms with Gasteiger partial charge in [0, 0.05) is 11.0 Å². The van der Waals surface area contributed by atoms with E-state index in [1.54, 1.807) is 19.9 Å². The summed E-state index contributed by atoms with van der Waals surface area (Å²) in [5.74, 6) is -0.538. The molecule has 0 aromatic heterocycles. The second-order valence-corrected chi connectivity index (χ2v) is 6.37. The average Bonchev–Trinajstić information content (AvgIpc) is 2.57. The van der Waals surface area contributed by atoms with Gasteiger partial charge in [-0.05, 0) is 19.1 Å². The van der Waals surface area contributed by atoms with Gasteiger partial charge in [-0.3, -0.25) is 5.43 Å². The second kappa shape index (κ2) is 6.51. The van der Waals surface area contributed by atoms with E-state index >= 15 is 0 Å². The average molecular weight is 331 g/mol. The molecule has 0 aliphatic heterocycles. The summed E-state index contributed by atoms with van der Waals surface area (Å²) >= 11 is 0. The molecule has 1 aliphatic rings. The lowest BCUT2D eigenvalue weighted by Gasteiger charge is -2.37. The van der Waals surface area contributed by atoms with Gasteiger partial charge >= 0.3 is 0 Å². The fraction of sp³-hybridized carbons (Fsp3) is 0.263. The van der Waals surface area contributed by atoms with Crippen LogP contribution in [-0.2, 0) is 0 Å². The van der Waals surface area contributed by atoms with E-state index in [0.717, 1.165) is 11.3 Å². The minimum Gasteiger partial charge on any atom is -0.508 e. The molecule has 0 fully saturated rings. The zero-order valence-corrected chi connectivity index (χ0v) is 14.2. The van der Waals surface area contributed by atoms with Gasteiger partial charge in [-0.15, -0.1) is 0 Å². The van der Waals surface area contributed by atoms with Crippen LogP contribution in [0.4, 0.5) is 5.69 Å². The molecule has 6 nitrogen and oxygen atoms in total. The summed E-state index contributed by atoms with van der Waals surface area (Å²) in [6.07, 6.45) is 3.01. The molecule has 0 bridgehead atoms. The highest BCUT2D eigenvalue weighted by atomic mass is 16.3. The second-order valence-electron chi connectivity index (χ2n) is 6.37. The number of nitrogens with zero attached hydrogens (tertiary/aromatic N) is 4. The molecule has 124 valence electrons. The molecule has 0 heterocycles. The highest BCUT2D eigenvalue weighted by molar-refractivity contribution is 5.88. The van der Waals surface area contributed by atoms with E-state index in [9.17, 15) is 20.9 Å². The van der Waals surface area contributed by atoms with Gasteiger partial charge in [-0.2, -0.15) is 20.9 Å². The largest absolute Gasteiger partial charge is 0.508 e. The molecule has 0 unspecified atom stereocenters. The first kappa shape index (κ1) is 17.8. The number of nitriles is 3. The number of aliphatic hydroxyl groups is 1. The van der Waals surface area contributed by atoms with Gasteiger partial charge in [0.05, 0.1) is 24.0 Å². The topological polar surface area (TPSA) is 116 Å². The van der Waals surface area contributed by atoms with Crippen LogP contribution in [0.5, 0.6) is 0 Å². The maximum Gasteiger partial charge on any atom is 0.209 e. The monoisotopic (exact) mass is 331 g/mol. The third-order valence-corrected chi connectivity index (χ3v) is 4.26. The lowest BCUT2D eigenvalue weighted by atomic mass is 9.61. The Kier molecular flexibility index (Phi) is 4.63. The Bertz CT molecular complexity index is 885. The third-order valence-electron chi connectivity index (χ3n) is 4.26. The molecule has 6 heteroatoms. The number of anilines is 1. The molecule has 0 atom stereocenters. The summed E-state index contributed by atoms with van der Waals surface area (Å²) in [6, 6.07) is 13.2. The molecule has 0 radical (unpaired) electrons. The summed E-state index contributed by atoms with van der Waals surface area (Å²) in [5, 5.41) is 42.8. The van der Waals surface area contributed by atoms with Crippen LogP contribution in [0.2, 0.25) is 0 Å². The Balaban J connectivity index is 2.38. The summed E-state index contributed by atoms with van der Waals surface area (Å²) in [6.45, 7) is 5.29. The summed E-state index contributed by atoms with van der Waals surface area (Å²) in [7, 11) is 0. The molecule has 0 amide bonds. The molecular formula is C19H17N5O. The first-order valence-corrected chi connectivity index (χ1v) is 7.56. The van der Waals surface area contributed by atoms with Gasteiger partial charge < -0.3 is 5.11 Å². The van der Waals surface area contributed by atoms with Crippen LogP contribution in [0.1, 0.15) is 19.4 Å². The summed E-state index contributed by atoms with van der Waals surface area (Å²) < 4.78 is 0. The molecule has 0 spiro atoms. The highest BCUT2D eigenvalue weighted by Gasteiger charge is 2.53. The number of benzene rings is 1. The standard InChI is InChI=1S/C19H17N5O/c1-13-4-6-15(7-5-13)24-23-10-14-8-18(2,3)19(11-21,12-22)17(25)16(14)9-20/h4-8,10,24-25H,1-3H3/b23-10+. The third kappa shape index (κ3) is 2.96. The molecule has 2 rings (SSSR count). The van der Waals surface area contributed by atoms with Crippen molar-refractivity contribution >= 4 is 11.9 Å². The van der Waals surface area contributed by atoms with Crippen molar-refractivity contribution in [1.82, 2.24) is 0 Å². The van der Waals surface area contributed by atoms with Crippen LogP contribution < -0.4 is 5.43 Å². The van der Waals surface area contributed by atoms with Crippen LogP contribution in [0.15, 0.2) is 52.3 Å². The van der Waals surface area contributed by atoms with Crippen LogP contribution in [-0.4, -0.2) is 11.3 Å². The quantitative estimate of drug-likeness (QED) is 0.646. The Hall–Kier alpha value is -3.56. The number of aliphatic hydroxyl groups excluding tert-OH is 1. The van der Waals surface area contributed by atoms with Crippen molar-refractivity contribution in [3.63, 3.8) is 0 Å². The lowest BCUT2D eigenvalue weighted by molar-refractivity contribution is 0.206. The molecule has 2 N–H and O–H groups in total. The number of hydrogen-bond donors (Lipinski definition) is 2. The molecule has 1 aromatic rings. The molecular weight excluding hydrogens is 314 g/mol. The number of aryl methyl sites for hydroxylation is 1. The summed E-state index contributed by atoms with van der Waals surface area (Å²) in [5.41, 5.74) is 2.16. The van der Waals surface area contributed by atoms with Gasteiger partial charge in [-0.1, -0.05) is 37.6 Å². The lowest BCUT2D eigenvalue weighted by Crippen LogP contribution is -2.39. The fourth-order valence-corrected chi connectivity index (χ4v) is 2.64. The van der Waals surface area contributed by atoms with E-state index in [0.29, 0.717) is 5.57 Å². The maximum atomic E-state index is 10.4. The Morgan fingerprint density at radius 1 is 1.12 bits per heavy atom. The van der Waals surface area contributed by atoms with Crippen LogP contribution in [0.3, 0.4) is 0 Å². The van der Waals surface area contributed by atoms with E-state index in [4.69, 9.17) is 0 Å². The first-order valence-electron chi connectivity index (χ1n) is 7.56. The van der Waals surface area contributed by atoms with Gasteiger partial charge in [-0.25, -0.2) is 0 Å². The fourth-order valence-electron chi connectivity index (χ4n) is 2.64. The summed E-state index contributed by atoms with van der Waals surface area (Å²) in [4.78, 5) is 0. The molecule has 0 saturated carbocycles. The minimum absolute atomic E-state index is 0.128. The van der Waals surface area contributed by atoms with Crippen molar-refractivity contribution in [3.8, 4) is 18.2 Å². The number of nitrogens with one attached hydrogen (secondary N) is 1. The van der Waals surface area contributed by atoms with Crippen molar-refractivity contribution in [3.05, 3.63) is 52.8 Å². The Morgan fingerprint density at radius 3 is 2.24 bits per heavy atom. The van der Waals surface area contributed by atoms with Gasteiger partial charge in [0.15, 0.2) is 0 Å². The molecule has 1 aromatic carbocycles. The van der Waals surface area contributed by atoms with Gasteiger partial charge in [0.1, 0.15) is 17.4 Å². The normalized spacial score (nSPS) is 18.0.